The molecule has 2 aromatic rings. The molecule has 0 N–H and O–H groups in total. The van der Waals surface area contributed by atoms with Gasteiger partial charge in [0.25, 0.3) is 5.91 Å². The fourth-order valence-corrected chi connectivity index (χ4v) is 2.48. The smallest absolute Gasteiger partial charge is 0.253 e. The van der Waals surface area contributed by atoms with Gasteiger partial charge in [0.05, 0.1) is 12.8 Å². The number of likely N-dealkylation sites (tertiary alicyclic amines) is 1. The van der Waals surface area contributed by atoms with Crippen molar-refractivity contribution in [2.24, 2.45) is 5.92 Å². The Hall–Kier alpha value is -2.50. The van der Waals surface area contributed by atoms with Crippen molar-refractivity contribution in [2.45, 2.75) is 6.42 Å². The molecule has 5 nitrogen and oxygen atoms in total. The van der Waals surface area contributed by atoms with Crippen molar-refractivity contribution < 1.29 is 13.9 Å². The molecule has 3 rings (SSSR count). The van der Waals surface area contributed by atoms with Crippen LogP contribution in [0.4, 0.5) is 4.39 Å². The fraction of sp³-hybridized carbons (Fsp3) is 0.312. The van der Waals surface area contributed by atoms with E-state index in [0.717, 1.165) is 12.6 Å². The summed E-state index contributed by atoms with van der Waals surface area (Å²) in [5, 5.41) is 0. The SMILES string of the molecule is O=C(c1ccncc1)N1CCC(COc2ccc(F)cn2)C1. The zero-order valence-electron chi connectivity index (χ0n) is 12.0. The van der Waals surface area contributed by atoms with Crippen LogP contribution in [0.25, 0.3) is 0 Å². The summed E-state index contributed by atoms with van der Waals surface area (Å²) in [6.07, 6.45) is 5.25. The van der Waals surface area contributed by atoms with Crippen molar-refractivity contribution in [1.82, 2.24) is 14.9 Å². The molecule has 2 aromatic heterocycles. The molecule has 1 amide bonds. The molecule has 0 bridgehead atoms. The molecule has 3 heterocycles. The second kappa shape index (κ2) is 6.51. The maximum absolute atomic E-state index is 12.8. The van der Waals surface area contributed by atoms with Crippen LogP contribution in [0.15, 0.2) is 42.9 Å². The van der Waals surface area contributed by atoms with Crippen LogP contribution in [0.1, 0.15) is 16.8 Å². The number of carbonyl (C=O) groups excluding carboxylic acids is 1. The lowest BCUT2D eigenvalue weighted by Crippen LogP contribution is -2.29. The van der Waals surface area contributed by atoms with Gasteiger partial charge >= 0.3 is 0 Å². The van der Waals surface area contributed by atoms with Crippen molar-refractivity contribution in [3.63, 3.8) is 0 Å². The van der Waals surface area contributed by atoms with E-state index in [9.17, 15) is 9.18 Å². The maximum atomic E-state index is 12.8. The predicted octanol–water partition coefficient (Wildman–Crippen LogP) is 2.16. The molecule has 114 valence electrons. The van der Waals surface area contributed by atoms with Crippen LogP contribution in [0.2, 0.25) is 0 Å². The molecule has 22 heavy (non-hydrogen) atoms. The minimum atomic E-state index is -0.387. The molecule has 1 atom stereocenters. The molecule has 0 spiro atoms. The number of nitrogens with zero attached hydrogens (tertiary/aromatic N) is 3. The number of halogens is 1. The number of aromatic nitrogens is 2. The van der Waals surface area contributed by atoms with Gasteiger partial charge in [-0.2, -0.15) is 0 Å². The average molecular weight is 301 g/mol. The predicted molar refractivity (Wildman–Crippen MR) is 77.9 cm³/mol. The van der Waals surface area contributed by atoms with Gasteiger partial charge in [0.15, 0.2) is 0 Å². The molecular weight excluding hydrogens is 285 g/mol. The second-order valence-electron chi connectivity index (χ2n) is 5.27. The number of ether oxygens (including phenoxy) is 1. The first kappa shape index (κ1) is 14.4. The van der Waals surface area contributed by atoms with Crippen molar-refractivity contribution in [3.8, 4) is 5.88 Å². The van der Waals surface area contributed by atoms with Crippen LogP contribution in [0.5, 0.6) is 5.88 Å². The van der Waals surface area contributed by atoms with E-state index >= 15 is 0 Å². The first-order valence-corrected chi connectivity index (χ1v) is 7.16. The average Bonchev–Trinajstić information content (AvgIpc) is 3.03. The summed E-state index contributed by atoms with van der Waals surface area (Å²) in [7, 11) is 0. The van der Waals surface area contributed by atoms with Gasteiger partial charge in [-0.15, -0.1) is 0 Å². The van der Waals surface area contributed by atoms with E-state index in [2.05, 4.69) is 9.97 Å². The summed E-state index contributed by atoms with van der Waals surface area (Å²) < 4.78 is 18.3. The Morgan fingerprint density at radius 2 is 2.14 bits per heavy atom. The lowest BCUT2D eigenvalue weighted by Gasteiger charge is -2.16. The first-order chi connectivity index (χ1) is 10.7. The Morgan fingerprint density at radius 3 is 2.86 bits per heavy atom. The van der Waals surface area contributed by atoms with Crippen molar-refractivity contribution >= 4 is 5.91 Å². The molecule has 0 aliphatic carbocycles. The lowest BCUT2D eigenvalue weighted by molar-refractivity contribution is 0.0782. The molecule has 1 saturated heterocycles. The molecule has 1 aliphatic heterocycles. The Morgan fingerprint density at radius 1 is 1.32 bits per heavy atom. The van der Waals surface area contributed by atoms with E-state index in [0.29, 0.717) is 31.1 Å². The topological polar surface area (TPSA) is 55.3 Å². The number of carbonyl (C=O) groups is 1. The quantitative estimate of drug-likeness (QED) is 0.868. The summed E-state index contributed by atoms with van der Waals surface area (Å²) in [6, 6.07) is 6.25. The Labute approximate surface area is 127 Å². The van der Waals surface area contributed by atoms with Crippen molar-refractivity contribution in [1.29, 1.82) is 0 Å². The minimum absolute atomic E-state index is 0.0183. The van der Waals surface area contributed by atoms with Gasteiger partial charge in [-0.25, -0.2) is 9.37 Å². The van der Waals surface area contributed by atoms with Gasteiger partial charge in [-0.3, -0.25) is 9.78 Å². The maximum Gasteiger partial charge on any atom is 0.253 e. The number of hydrogen-bond acceptors (Lipinski definition) is 4. The number of pyridine rings is 2. The Balaban J connectivity index is 1.52. The van der Waals surface area contributed by atoms with Crippen molar-refractivity contribution in [3.05, 3.63) is 54.2 Å². The third-order valence-electron chi connectivity index (χ3n) is 3.67. The number of amides is 1. The normalized spacial score (nSPS) is 17.5. The van der Waals surface area contributed by atoms with Crippen LogP contribution in [0.3, 0.4) is 0 Å². The van der Waals surface area contributed by atoms with Crippen LogP contribution in [-0.4, -0.2) is 40.5 Å². The van der Waals surface area contributed by atoms with Gasteiger partial charge in [-0.1, -0.05) is 0 Å². The van der Waals surface area contributed by atoms with Crippen LogP contribution >= 0.6 is 0 Å². The molecule has 1 unspecified atom stereocenters. The Bertz CT molecular complexity index is 634. The van der Waals surface area contributed by atoms with E-state index < -0.39 is 0 Å². The number of rotatable bonds is 4. The molecule has 0 saturated carbocycles. The lowest BCUT2D eigenvalue weighted by atomic mass is 10.1. The van der Waals surface area contributed by atoms with E-state index in [-0.39, 0.29) is 17.6 Å². The summed E-state index contributed by atoms with van der Waals surface area (Å²) in [6.45, 7) is 1.84. The zero-order chi connectivity index (χ0) is 15.4. The molecule has 1 fully saturated rings. The fourth-order valence-electron chi connectivity index (χ4n) is 2.48. The largest absolute Gasteiger partial charge is 0.477 e. The summed E-state index contributed by atoms with van der Waals surface area (Å²) in [5.41, 5.74) is 0.650. The van der Waals surface area contributed by atoms with E-state index in [1.54, 1.807) is 24.5 Å². The molecule has 1 aliphatic rings. The summed E-state index contributed by atoms with van der Waals surface area (Å²) in [5.74, 6) is 0.296. The van der Waals surface area contributed by atoms with Crippen LogP contribution in [0, 0.1) is 11.7 Å². The van der Waals surface area contributed by atoms with Gasteiger partial charge in [0, 0.05) is 43.0 Å². The van der Waals surface area contributed by atoms with E-state index in [1.807, 2.05) is 4.90 Å². The highest BCUT2D eigenvalue weighted by Gasteiger charge is 2.27. The van der Waals surface area contributed by atoms with Gasteiger partial charge in [0.1, 0.15) is 5.82 Å². The van der Waals surface area contributed by atoms with E-state index in [4.69, 9.17) is 4.74 Å². The third-order valence-corrected chi connectivity index (χ3v) is 3.67. The molecule has 6 heteroatoms. The Kier molecular flexibility index (Phi) is 4.27. The van der Waals surface area contributed by atoms with Gasteiger partial charge in [-0.05, 0) is 24.6 Å². The molecule has 0 radical (unpaired) electrons. The highest BCUT2D eigenvalue weighted by atomic mass is 19.1. The van der Waals surface area contributed by atoms with Crippen LogP contribution < -0.4 is 4.74 Å². The van der Waals surface area contributed by atoms with Crippen molar-refractivity contribution in [2.75, 3.05) is 19.7 Å². The van der Waals surface area contributed by atoms with Crippen LogP contribution in [-0.2, 0) is 0 Å². The molecular formula is C16H16FN3O2. The zero-order valence-corrected chi connectivity index (χ0v) is 12.0. The first-order valence-electron chi connectivity index (χ1n) is 7.16. The summed E-state index contributed by atoms with van der Waals surface area (Å²) in [4.78, 5) is 21.9. The third kappa shape index (κ3) is 3.39. The van der Waals surface area contributed by atoms with Gasteiger partial charge in [0.2, 0.25) is 5.88 Å². The van der Waals surface area contributed by atoms with Gasteiger partial charge < -0.3 is 9.64 Å². The standard InChI is InChI=1S/C16H16FN3O2/c17-14-1-2-15(19-9-14)22-11-12-5-8-20(10-12)16(21)13-3-6-18-7-4-13/h1-4,6-7,9,12H,5,8,10-11H2. The molecule has 0 aromatic carbocycles. The highest BCUT2D eigenvalue weighted by molar-refractivity contribution is 5.94. The monoisotopic (exact) mass is 301 g/mol. The summed E-state index contributed by atoms with van der Waals surface area (Å²) >= 11 is 0. The van der Waals surface area contributed by atoms with E-state index in [1.165, 1.54) is 12.1 Å². The highest BCUT2D eigenvalue weighted by Crippen LogP contribution is 2.19. The minimum Gasteiger partial charge on any atom is -0.477 e. The number of hydrogen-bond donors (Lipinski definition) is 0. The second-order valence-corrected chi connectivity index (χ2v) is 5.27.